The fraction of sp³-hybridized carbons (Fsp3) is 0.526. The molecular formula is C19H24N4O. The molecule has 2 rings (SSSR count). The van der Waals surface area contributed by atoms with Gasteiger partial charge in [0.15, 0.2) is 0 Å². The van der Waals surface area contributed by atoms with Crippen LogP contribution in [0.3, 0.4) is 0 Å². The van der Waals surface area contributed by atoms with Crippen molar-refractivity contribution in [3.05, 3.63) is 35.4 Å². The molecule has 5 nitrogen and oxygen atoms in total. The number of carbonyl (C=O) groups excluding carboxylic acids is 1. The molecule has 1 aromatic carbocycles. The van der Waals surface area contributed by atoms with E-state index < -0.39 is 11.6 Å². The highest BCUT2D eigenvalue weighted by molar-refractivity contribution is 5.82. The van der Waals surface area contributed by atoms with Gasteiger partial charge in [-0.05, 0) is 44.4 Å². The van der Waals surface area contributed by atoms with Gasteiger partial charge in [0.05, 0.1) is 23.7 Å². The number of nitriles is 2. The van der Waals surface area contributed by atoms with Crippen molar-refractivity contribution < 1.29 is 4.79 Å². The Labute approximate surface area is 143 Å². The van der Waals surface area contributed by atoms with Gasteiger partial charge in [-0.3, -0.25) is 10.1 Å². The first-order chi connectivity index (χ1) is 11.5. The lowest BCUT2D eigenvalue weighted by atomic mass is 9.82. The molecule has 1 aromatic rings. The van der Waals surface area contributed by atoms with Crippen LogP contribution in [0.4, 0.5) is 0 Å². The standard InChI is InChI=1S/C19H24N4O/c1-14(17-8-6-16(12-20)7-9-17)22-15(2)18(24)23-19(13-21)10-4-3-5-11-19/h6-9,14-15,22H,3-5,10-11H2,1-2H3,(H,23,24)/t14-,15-/m1/s1. The largest absolute Gasteiger partial charge is 0.336 e. The van der Waals surface area contributed by atoms with Gasteiger partial charge in [-0.15, -0.1) is 0 Å². The van der Waals surface area contributed by atoms with Gasteiger partial charge < -0.3 is 5.32 Å². The summed E-state index contributed by atoms with van der Waals surface area (Å²) in [7, 11) is 0. The monoisotopic (exact) mass is 324 g/mol. The van der Waals surface area contributed by atoms with E-state index in [0.717, 1.165) is 37.7 Å². The Bertz CT molecular complexity index is 647. The van der Waals surface area contributed by atoms with Crippen molar-refractivity contribution in [3.63, 3.8) is 0 Å². The normalized spacial score (nSPS) is 18.7. The summed E-state index contributed by atoms with van der Waals surface area (Å²) in [5, 5.41) is 24.5. The maximum atomic E-state index is 12.5. The second-order valence-electron chi connectivity index (χ2n) is 6.59. The Morgan fingerprint density at radius 3 is 2.29 bits per heavy atom. The number of benzene rings is 1. The van der Waals surface area contributed by atoms with Crippen LogP contribution in [0.15, 0.2) is 24.3 Å². The molecule has 1 aliphatic carbocycles. The van der Waals surface area contributed by atoms with Gasteiger partial charge >= 0.3 is 0 Å². The van der Waals surface area contributed by atoms with Crippen LogP contribution in [-0.4, -0.2) is 17.5 Å². The minimum atomic E-state index is -0.705. The van der Waals surface area contributed by atoms with E-state index in [1.807, 2.05) is 26.0 Å². The van der Waals surface area contributed by atoms with E-state index in [9.17, 15) is 10.1 Å². The van der Waals surface area contributed by atoms with Crippen LogP contribution in [0.2, 0.25) is 0 Å². The van der Waals surface area contributed by atoms with E-state index in [-0.39, 0.29) is 11.9 Å². The summed E-state index contributed by atoms with van der Waals surface area (Å²) in [5.41, 5.74) is 0.925. The third kappa shape index (κ3) is 4.34. The smallest absolute Gasteiger partial charge is 0.238 e. The molecule has 1 saturated carbocycles. The topological polar surface area (TPSA) is 88.7 Å². The number of rotatable bonds is 5. The number of nitrogens with zero attached hydrogens (tertiary/aromatic N) is 2. The third-order valence-electron chi connectivity index (χ3n) is 4.72. The molecule has 0 aliphatic heterocycles. The first-order valence-electron chi connectivity index (χ1n) is 8.49. The van der Waals surface area contributed by atoms with Gasteiger partial charge in [-0.1, -0.05) is 31.4 Å². The van der Waals surface area contributed by atoms with E-state index in [1.54, 1.807) is 12.1 Å². The van der Waals surface area contributed by atoms with Crippen molar-refractivity contribution in [1.82, 2.24) is 10.6 Å². The molecule has 5 heteroatoms. The van der Waals surface area contributed by atoms with E-state index in [1.165, 1.54) is 0 Å². The summed E-state index contributed by atoms with van der Waals surface area (Å²) in [6.45, 7) is 3.79. The predicted octanol–water partition coefficient (Wildman–Crippen LogP) is 2.94. The van der Waals surface area contributed by atoms with Gasteiger partial charge in [0.2, 0.25) is 5.91 Å². The molecule has 1 amide bonds. The van der Waals surface area contributed by atoms with Crippen molar-refractivity contribution >= 4 is 5.91 Å². The zero-order valence-corrected chi connectivity index (χ0v) is 14.3. The third-order valence-corrected chi connectivity index (χ3v) is 4.72. The summed E-state index contributed by atoms with van der Waals surface area (Å²) < 4.78 is 0. The Morgan fingerprint density at radius 2 is 1.75 bits per heavy atom. The first kappa shape index (κ1) is 18.0. The SMILES string of the molecule is C[C@@H](N[C@H](C)c1ccc(C#N)cc1)C(=O)NC1(C#N)CCCCC1. The van der Waals surface area contributed by atoms with Crippen molar-refractivity contribution in [2.75, 3.05) is 0 Å². The molecule has 0 heterocycles. The van der Waals surface area contributed by atoms with Gasteiger partial charge in [-0.25, -0.2) is 0 Å². The fourth-order valence-electron chi connectivity index (χ4n) is 3.16. The van der Waals surface area contributed by atoms with Crippen molar-refractivity contribution in [1.29, 1.82) is 10.5 Å². The molecule has 2 atom stereocenters. The molecule has 0 saturated heterocycles. The maximum Gasteiger partial charge on any atom is 0.238 e. The van der Waals surface area contributed by atoms with Crippen molar-refractivity contribution in [3.8, 4) is 12.1 Å². The van der Waals surface area contributed by atoms with Gasteiger partial charge in [-0.2, -0.15) is 10.5 Å². The first-order valence-corrected chi connectivity index (χ1v) is 8.49. The van der Waals surface area contributed by atoms with E-state index in [4.69, 9.17) is 5.26 Å². The highest BCUT2D eigenvalue weighted by atomic mass is 16.2. The maximum absolute atomic E-state index is 12.5. The highest BCUT2D eigenvalue weighted by Crippen LogP contribution is 2.27. The summed E-state index contributed by atoms with van der Waals surface area (Å²) in [5.74, 6) is -0.140. The minimum absolute atomic E-state index is 0.0251. The number of nitrogens with one attached hydrogen (secondary N) is 2. The predicted molar refractivity (Wildman–Crippen MR) is 91.7 cm³/mol. The molecule has 0 radical (unpaired) electrons. The van der Waals surface area contributed by atoms with E-state index in [0.29, 0.717) is 5.56 Å². The Morgan fingerprint density at radius 1 is 1.12 bits per heavy atom. The van der Waals surface area contributed by atoms with Crippen LogP contribution in [0, 0.1) is 22.7 Å². The highest BCUT2D eigenvalue weighted by Gasteiger charge is 2.34. The second kappa shape index (κ2) is 7.95. The van der Waals surface area contributed by atoms with Gasteiger partial charge in [0.25, 0.3) is 0 Å². The van der Waals surface area contributed by atoms with Crippen LogP contribution in [0.25, 0.3) is 0 Å². The lowest BCUT2D eigenvalue weighted by Crippen LogP contribution is -2.54. The van der Waals surface area contributed by atoms with Crippen LogP contribution in [-0.2, 0) is 4.79 Å². The number of amides is 1. The van der Waals surface area contributed by atoms with Crippen molar-refractivity contribution in [2.45, 2.75) is 63.6 Å². The molecule has 1 aliphatic rings. The minimum Gasteiger partial charge on any atom is -0.336 e. The molecule has 0 unspecified atom stereocenters. The molecule has 0 bridgehead atoms. The number of carbonyl (C=O) groups is 1. The molecule has 0 spiro atoms. The Kier molecular flexibility index (Phi) is 5.95. The fourth-order valence-corrected chi connectivity index (χ4v) is 3.16. The average Bonchev–Trinajstić information content (AvgIpc) is 2.62. The summed E-state index contributed by atoms with van der Waals surface area (Å²) in [6.07, 6.45) is 4.55. The quantitative estimate of drug-likeness (QED) is 0.871. The summed E-state index contributed by atoms with van der Waals surface area (Å²) >= 11 is 0. The second-order valence-corrected chi connectivity index (χ2v) is 6.59. The van der Waals surface area contributed by atoms with E-state index in [2.05, 4.69) is 22.8 Å². The molecule has 24 heavy (non-hydrogen) atoms. The molecular weight excluding hydrogens is 300 g/mol. The van der Waals surface area contributed by atoms with Crippen LogP contribution >= 0.6 is 0 Å². The van der Waals surface area contributed by atoms with Crippen molar-refractivity contribution in [2.24, 2.45) is 0 Å². The molecule has 2 N–H and O–H groups in total. The molecule has 0 aromatic heterocycles. The zero-order valence-electron chi connectivity index (χ0n) is 14.3. The van der Waals surface area contributed by atoms with Gasteiger partial charge in [0.1, 0.15) is 5.54 Å². The Hall–Kier alpha value is -2.37. The summed E-state index contributed by atoms with van der Waals surface area (Å²) in [4.78, 5) is 12.5. The van der Waals surface area contributed by atoms with Crippen LogP contribution in [0.1, 0.15) is 63.1 Å². The molecule has 126 valence electrons. The van der Waals surface area contributed by atoms with Gasteiger partial charge in [0, 0.05) is 6.04 Å². The zero-order chi connectivity index (χ0) is 17.6. The lowest BCUT2D eigenvalue weighted by Gasteiger charge is -2.33. The summed E-state index contributed by atoms with van der Waals surface area (Å²) in [6, 6.07) is 11.3. The van der Waals surface area contributed by atoms with E-state index >= 15 is 0 Å². The molecule has 1 fully saturated rings. The number of hydrogen-bond donors (Lipinski definition) is 2. The lowest BCUT2D eigenvalue weighted by molar-refractivity contribution is -0.124. The Balaban J connectivity index is 1.95. The van der Waals surface area contributed by atoms with Crippen LogP contribution in [0.5, 0.6) is 0 Å². The number of hydrogen-bond acceptors (Lipinski definition) is 4. The average molecular weight is 324 g/mol. The van der Waals surface area contributed by atoms with Crippen LogP contribution < -0.4 is 10.6 Å².